The molecule has 21 heavy (non-hydrogen) atoms. The predicted molar refractivity (Wildman–Crippen MR) is 92.6 cm³/mol. The summed E-state index contributed by atoms with van der Waals surface area (Å²) in [6, 6.07) is 9.70. The van der Waals surface area contributed by atoms with Crippen LogP contribution >= 0.6 is 0 Å². The molecule has 2 rings (SSSR count). The molecular weight excluding hydrogens is 254 g/mol. The lowest BCUT2D eigenvalue weighted by atomic mass is 9.86. The molecule has 1 heteroatoms. The molecule has 0 bridgehead atoms. The maximum Gasteiger partial charge on any atom is 0.0343 e. The molecular formula is C20H33N. The van der Waals surface area contributed by atoms with E-state index in [9.17, 15) is 0 Å². The molecule has 1 saturated carbocycles. The van der Waals surface area contributed by atoms with Crippen LogP contribution in [0.15, 0.2) is 24.3 Å². The Hall–Kier alpha value is -0.820. The lowest BCUT2D eigenvalue weighted by Gasteiger charge is -2.26. The lowest BCUT2D eigenvalue weighted by Crippen LogP contribution is -2.28. The summed E-state index contributed by atoms with van der Waals surface area (Å²) in [7, 11) is 0. The second-order valence-corrected chi connectivity index (χ2v) is 7.06. The van der Waals surface area contributed by atoms with Crippen LogP contribution in [0, 0.1) is 11.8 Å². The third kappa shape index (κ3) is 5.14. The summed E-state index contributed by atoms with van der Waals surface area (Å²) in [6.07, 6.45) is 9.77. The van der Waals surface area contributed by atoms with Crippen molar-refractivity contribution in [2.45, 2.75) is 71.8 Å². The first-order valence-electron chi connectivity index (χ1n) is 9.03. The normalized spacial score (nSPS) is 18.1. The molecule has 0 amide bonds. The highest BCUT2D eigenvalue weighted by molar-refractivity contribution is 5.25. The van der Waals surface area contributed by atoms with Crippen molar-refractivity contribution in [2.24, 2.45) is 11.8 Å². The molecule has 0 aliphatic heterocycles. The number of hydrogen-bond acceptors (Lipinski definition) is 1. The summed E-state index contributed by atoms with van der Waals surface area (Å²) in [5.74, 6) is 1.62. The van der Waals surface area contributed by atoms with Crippen LogP contribution in [0.4, 0.5) is 0 Å². The molecule has 1 fully saturated rings. The third-order valence-corrected chi connectivity index (χ3v) is 5.06. The first kappa shape index (κ1) is 16.5. The van der Waals surface area contributed by atoms with Gasteiger partial charge in [0, 0.05) is 6.04 Å². The number of nitrogens with one attached hydrogen (secondary N) is 1. The Morgan fingerprint density at radius 2 is 1.71 bits per heavy atom. The van der Waals surface area contributed by atoms with Crippen molar-refractivity contribution in [2.75, 3.05) is 6.54 Å². The molecule has 1 nitrogen and oxygen atoms in total. The number of rotatable bonds is 7. The summed E-state index contributed by atoms with van der Waals surface area (Å²) in [4.78, 5) is 0. The van der Waals surface area contributed by atoms with Crippen LogP contribution in [-0.4, -0.2) is 6.54 Å². The highest BCUT2D eigenvalue weighted by atomic mass is 14.9. The molecule has 1 N–H and O–H groups in total. The zero-order valence-corrected chi connectivity index (χ0v) is 14.2. The Kier molecular flexibility index (Phi) is 6.76. The van der Waals surface area contributed by atoms with Crippen molar-refractivity contribution in [3.63, 3.8) is 0 Å². The minimum atomic E-state index is 0.500. The van der Waals surface area contributed by atoms with E-state index in [0.29, 0.717) is 12.0 Å². The van der Waals surface area contributed by atoms with Gasteiger partial charge in [-0.15, -0.1) is 0 Å². The number of benzene rings is 1. The Morgan fingerprint density at radius 1 is 1.05 bits per heavy atom. The molecule has 1 aromatic rings. The van der Waals surface area contributed by atoms with Crippen LogP contribution in [0.3, 0.4) is 0 Å². The maximum absolute atomic E-state index is 3.82. The van der Waals surface area contributed by atoms with Gasteiger partial charge in [-0.25, -0.2) is 0 Å². The standard InChI is InChI=1S/C20H33N/c1-4-17-10-12-19(13-11-17)20(16(2)3)21-15-14-18-8-6-5-7-9-18/h10-13,16,18,20-21H,4-9,14-15H2,1-3H3. The first-order chi connectivity index (χ1) is 10.2. The quantitative estimate of drug-likeness (QED) is 0.697. The van der Waals surface area contributed by atoms with E-state index >= 15 is 0 Å². The van der Waals surface area contributed by atoms with Crippen molar-refractivity contribution in [1.82, 2.24) is 5.32 Å². The molecule has 1 atom stereocenters. The Labute approximate surface area is 131 Å². The average molecular weight is 287 g/mol. The maximum atomic E-state index is 3.82. The van der Waals surface area contributed by atoms with Crippen molar-refractivity contribution in [3.05, 3.63) is 35.4 Å². The number of hydrogen-bond donors (Lipinski definition) is 1. The van der Waals surface area contributed by atoms with Crippen LogP contribution in [-0.2, 0) is 6.42 Å². The monoisotopic (exact) mass is 287 g/mol. The van der Waals surface area contributed by atoms with Gasteiger partial charge in [-0.3, -0.25) is 0 Å². The highest BCUT2D eigenvalue weighted by Gasteiger charge is 2.17. The molecule has 0 radical (unpaired) electrons. The van der Waals surface area contributed by atoms with E-state index in [1.165, 1.54) is 56.2 Å². The fourth-order valence-corrected chi connectivity index (χ4v) is 3.62. The van der Waals surface area contributed by atoms with Gasteiger partial charge in [-0.05, 0) is 42.3 Å². The van der Waals surface area contributed by atoms with E-state index in [0.717, 1.165) is 12.3 Å². The minimum absolute atomic E-state index is 0.500. The summed E-state index contributed by atoms with van der Waals surface area (Å²) >= 11 is 0. The first-order valence-corrected chi connectivity index (χ1v) is 9.03. The van der Waals surface area contributed by atoms with Crippen LogP contribution in [0.25, 0.3) is 0 Å². The summed E-state index contributed by atoms with van der Waals surface area (Å²) in [5.41, 5.74) is 2.88. The van der Waals surface area contributed by atoms with Crippen molar-refractivity contribution < 1.29 is 0 Å². The molecule has 0 aromatic heterocycles. The fraction of sp³-hybridized carbons (Fsp3) is 0.700. The summed E-state index contributed by atoms with van der Waals surface area (Å²) in [6.45, 7) is 8.04. The second kappa shape index (κ2) is 8.58. The van der Waals surface area contributed by atoms with Gasteiger partial charge in [-0.1, -0.05) is 77.1 Å². The number of aryl methyl sites for hydroxylation is 1. The zero-order valence-electron chi connectivity index (χ0n) is 14.2. The smallest absolute Gasteiger partial charge is 0.0343 e. The van der Waals surface area contributed by atoms with Gasteiger partial charge in [0.1, 0.15) is 0 Å². The van der Waals surface area contributed by atoms with E-state index in [2.05, 4.69) is 50.4 Å². The van der Waals surface area contributed by atoms with Crippen LogP contribution in [0.2, 0.25) is 0 Å². The van der Waals surface area contributed by atoms with E-state index < -0.39 is 0 Å². The SMILES string of the molecule is CCc1ccc(C(NCCC2CCCCC2)C(C)C)cc1. The average Bonchev–Trinajstić information content (AvgIpc) is 2.52. The third-order valence-electron chi connectivity index (χ3n) is 5.06. The molecule has 0 spiro atoms. The predicted octanol–water partition coefficient (Wildman–Crippen LogP) is 5.51. The van der Waals surface area contributed by atoms with Gasteiger partial charge < -0.3 is 5.32 Å². The lowest BCUT2D eigenvalue weighted by molar-refractivity contribution is 0.317. The van der Waals surface area contributed by atoms with Crippen LogP contribution in [0.5, 0.6) is 0 Å². The zero-order chi connectivity index (χ0) is 15.1. The Balaban J connectivity index is 1.85. The Morgan fingerprint density at radius 3 is 2.29 bits per heavy atom. The largest absolute Gasteiger partial charge is 0.310 e. The van der Waals surface area contributed by atoms with Gasteiger partial charge in [-0.2, -0.15) is 0 Å². The molecule has 0 saturated heterocycles. The molecule has 0 heterocycles. The van der Waals surface area contributed by atoms with Gasteiger partial charge in [0.25, 0.3) is 0 Å². The van der Waals surface area contributed by atoms with Gasteiger partial charge in [0.15, 0.2) is 0 Å². The van der Waals surface area contributed by atoms with E-state index in [-0.39, 0.29) is 0 Å². The molecule has 1 unspecified atom stereocenters. The molecule has 1 aliphatic carbocycles. The van der Waals surface area contributed by atoms with E-state index in [1.807, 2.05) is 0 Å². The summed E-state index contributed by atoms with van der Waals surface area (Å²) < 4.78 is 0. The van der Waals surface area contributed by atoms with Crippen molar-refractivity contribution in [3.8, 4) is 0 Å². The van der Waals surface area contributed by atoms with Crippen LogP contribution < -0.4 is 5.32 Å². The Bertz CT molecular complexity index is 387. The van der Waals surface area contributed by atoms with E-state index in [1.54, 1.807) is 0 Å². The fourth-order valence-electron chi connectivity index (χ4n) is 3.62. The van der Waals surface area contributed by atoms with Crippen LogP contribution in [0.1, 0.15) is 76.5 Å². The van der Waals surface area contributed by atoms with E-state index in [4.69, 9.17) is 0 Å². The molecule has 1 aromatic carbocycles. The summed E-state index contributed by atoms with van der Waals surface area (Å²) in [5, 5.41) is 3.82. The topological polar surface area (TPSA) is 12.0 Å². The molecule has 1 aliphatic rings. The van der Waals surface area contributed by atoms with Gasteiger partial charge in [0.05, 0.1) is 0 Å². The van der Waals surface area contributed by atoms with Gasteiger partial charge >= 0.3 is 0 Å². The minimum Gasteiger partial charge on any atom is -0.310 e. The second-order valence-electron chi connectivity index (χ2n) is 7.06. The van der Waals surface area contributed by atoms with Gasteiger partial charge in [0.2, 0.25) is 0 Å². The van der Waals surface area contributed by atoms with Crippen molar-refractivity contribution in [1.29, 1.82) is 0 Å². The van der Waals surface area contributed by atoms with Crippen molar-refractivity contribution >= 4 is 0 Å². The molecule has 118 valence electrons. The highest BCUT2D eigenvalue weighted by Crippen LogP contribution is 2.27.